The van der Waals surface area contributed by atoms with Gasteiger partial charge in [-0.2, -0.15) is 0 Å². The zero-order valence-electron chi connectivity index (χ0n) is 13.0. The predicted molar refractivity (Wildman–Crippen MR) is 90.7 cm³/mol. The molecule has 0 saturated carbocycles. The van der Waals surface area contributed by atoms with Crippen LogP contribution in [0.3, 0.4) is 0 Å². The maximum atomic E-state index is 12.0. The highest BCUT2D eigenvalue weighted by atomic mass is 16.5. The van der Waals surface area contributed by atoms with Crippen molar-refractivity contribution in [2.75, 3.05) is 11.9 Å². The molecule has 1 aromatic heterocycles. The van der Waals surface area contributed by atoms with E-state index < -0.39 is 0 Å². The average molecular weight is 309 g/mol. The molecule has 2 N–H and O–H groups in total. The summed E-state index contributed by atoms with van der Waals surface area (Å²) < 4.78 is 5.40. The summed E-state index contributed by atoms with van der Waals surface area (Å²) >= 11 is 0. The lowest BCUT2D eigenvalue weighted by Gasteiger charge is -2.05. The van der Waals surface area contributed by atoms with Crippen molar-refractivity contribution < 1.29 is 9.53 Å². The van der Waals surface area contributed by atoms with E-state index in [4.69, 9.17) is 4.74 Å². The van der Waals surface area contributed by atoms with Gasteiger partial charge in [-0.15, -0.1) is 0 Å². The summed E-state index contributed by atoms with van der Waals surface area (Å²) in [5.41, 5.74) is 2.86. The summed E-state index contributed by atoms with van der Waals surface area (Å²) in [6.45, 7) is 2.61. The van der Waals surface area contributed by atoms with Crippen molar-refractivity contribution in [2.45, 2.75) is 19.8 Å². The second-order valence-corrected chi connectivity index (χ2v) is 5.23. The number of aromatic nitrogens is 2. The number of rotatable bonds is 6. The van der Waals surface area contributed by atoms with E-state index in [-0.39, 0.29) is 5.91 Å². The van der Waals surface area contributed by atoms with Crippen LogP contribution in [-0.2, 0) is 11.2 Å². The van der Waals surface area contributed by atoms with Crippen molar-refractivity contribution in [3.63, 3.8) is 0 Å². The van der Waals surface area contributed by atoms with Gasteiger partial charge in [-0.25, -0.2) is 4.98 Å². The van der Waals surface area contributed by atoms with Gasteiger partial charge >= 0.3 is 0 Å². The Balaban J connectivity index is 1.54. The van der Waals surface area contributed by atoms with Gasteiger partial charge in [0, 0.05) is 6.42 Å². The highest BCUT2D eigenvalue weighted by Crippen LogP contribution is 2.15. The van der Waals surface area contributed by atoms with Crippen molar-refractivity contribution in [3.8, 4) is 5.75 Å². The summed E-state index contributed by atoms with van der Waals surface area (Å²) in [5, 5.41) is 2.80. The zero-order valence-corrected chi connectivity index (χ0v) is 13.0. The first-order chi connectivity index (χ1) is 11.2. The minimum Gasteiger partial charge on any atom is -0.494 e. The molecule has 1 heterocycles. The molecule has 5 heteroatoms. The van der Waals surface area contributed by atoms with Gasteiger partial charge in [0.15, 0.2) is 0 Å². The zero-order chi connectivity index (χ0) is 16.1. The minimum absolute atomic E-state index is 0.0575. The number of benzene rings is 2. The maximum absolute atomic E-state index is 12.0. The number of hydrogen-bond donors (Lipinski definition) is 2. The lowest BCUT2D eigenvalue weighted by molar-refractivity contribution is -0.116. The molecule has 0 radical (unpaired) electrons. The number of aryl methyl sites for hydroxylation is 1. The Morgan fingerprint density at radius 2 is 1.96 bits per heavy atom. The van der Waals surface area contributed by atoms with Crippen LogP contribution in [-0.4, -0.2) is 22.5 Å². The maximum Gasteiger partial charge on any atom is 0.227 e. The summed E-state index contributed by atoms with van der Waals surface area (Å²) in [6.07, 6.45) is 1.09. The fourth-order valence-electron chi connectivity index (χ4n) is 2.38. The SMILES string of the molecule is CCOc1ccc(CCC(=O)Nc2nc3ccccc3[nH]2)cc1. The van der Waals surface area contributed by atoms with Crippen LogP contribution in [0.15, 0.2) is 48.5 Å². The predicted octanol–water partition coefficient (Wildman–Crippen LogP) is 3.53. The Labute approximate surface area is 134 Å². The summed E-state index contributed by atoms with van der Waals surface area (Å²) in [4.78, 5) is 19.5. The number of nitrogens with one attached hydrogen (secondary N) is 2. The molecule has 0 aliphatic rings. The lowest BCUT2D eigenvalue weighted by Crippen LogP contribution is -2.13. The Hall–Kier alpha value is -2.82. The number of imidazole rings is 1. The minimum atomic E-state index is -0.0575. The number of aromatic amines is 1. The van der Waals surface area contributed by atoms with Crippen molar-refractivity contribution >= 4 is 22.9 Å². The molecule has 1 amide bonds. The van der Waals surface area contributed by atoms with Crippen molar-refractivity contribution in [3.05, 3.63) is 54.1 Å². The summed E-state index contributed by atoms with van der Waals surface area (Å²) in [5.74, 6) is 1.28. The molecular weight excluding hydrogens is 290 g/mol. The van der Waals surface area contributed by atoms with Crippen LogP contribution < -0.4 is 10.1 Å². The van der Waals surface area contributed by atoms with Gasteiger partial charge in [-0.3, -0.25) is 10.1 Å². The first-order valence-corrected chi connectivity index (χ1v) is 7.71. The van der Waals surface area contributed by atoms with E-state index in [2.05, 4.69) is 15.3 Å². The van der Waals surface area contributed by atoms with Crippen LogP contribution in [0.1, 0.15) is 18.9 Å². The highest BCUT2D eigenvalue weighted by molar-refractivity contribution is 5.91. The molecule has 3 aromatic rings. The van der Waals surface area contributed by atoms with Gasteiger partial charge in [0.2, 0.25) is 11.9 Å². The number of nitrogens with zero attached hydrogens (tertiary/aromatic N) is 1. The Kier molecular flexibility index (Phi) is 4.57. The Bertz CT molecular complexity index is 760. The summed E-state index contributed by atoms with van der Waals surface area (Å²) in [7, 11) is 0. The molecule has 0 aliphatic heterocycles. The second-order valence-electron chi connectivity index (χ2n) is 5.23. The van der Waals surface area contributed by atoms with Crippen LogP contribution in [0.5, 0.6) is 5.75 Å². The largest absolute Gasteiger partial charge is 0.494 e. The van der Waals surface area contributed by atoms with Gasteiger partial charge in [-0.05, 0) is 43.2 Å². The number of fused-ring (bicyclic) bond motifs is 1. The average Bonchev–Trinajstić information content (AvgIpc) is 2.96. The van der Waals surface area contributed by atoms with Crippen LogP contribution in [0.4, 0.5) is 5.95 Å². The molecule has 0 spiro atoms. The number of anilines is 1. The van der Waals surface area contributed by atoms with Gasteiger partial charge in [0.25, 0.3) is 0 Å². The third-order valence-corrected chi connectivity index (χ3v) is 3.52. The molecule has 0 fully saturated rings. The third-order valence-electron chi connectivity index (χ3n) is 3.52. The number of para-hydroxylation sites is 2. The van der Waals surface area contributed by atoms with E-state index in [0.29, 0.717) is 25.4 Å². The van der Waals surface area contributed by atoms with Crippen LogP contribution in [0.2, 0.25) is 0 Å². The monoisotopic (exact) mass is 309 g/mol. The van der Waals surface area contributed by atoms with E-state index in [1.165, 1.54) is 0 Å². The standard InChI is InChI=1S/C18H19N3O2/c1-2-23-14-10-7-13(8-11-14)9-12-17(22)21-18-19-15-5-3-4-6-16(15)20-18/h3-8,10-11H,2,9,12H2,1H3,(H2,19,20,21,22). The molecule has 2 aromatic carbocycles. The molecule has 0 unspecified atom stereocenters. The number of H-pyrrole nitrogens is 1. The van der Waals surface area contributed by atoms with E-state index >= 15 is 0 Å². The first-order valence-electron chi connectivity index (χ1n) is 7.71. The Morgan fingerprint density at radius 3 is 2.70 bits per heavy atom. The van der Waals surface area contributed by atoms with E-state index in [9.17, 15) is 4.79 Å². The van der Waals surface area contributed by atoms with Gasteiger partial charge < -0.3 is 9.72 Å². The molecule has 23 heavy (non-hydrogen) atoms. The smallest absolute Gasteiger partial charge is 0.227 e. The number of carbonyl (C=O) groups is 1. The van der Waals surface area contributed by atoms with Crippen LogP contribution in [0, 0.1) is 0 Å². The topological polar surface area (TPSA) is 67.0 Å². The third kappa shape index (κ3) is 3.88. The van der Waals surface area contributed by atoms with Gasteiger partial charge in [-0.1, -0.05) is 24.3 Å². The van der Waals surface area contributed by atoms with Crippen LogP contribution >= 0.6 is 0 Å². The fraction of sp³-hybridized carbons (Fsp3) is 0.222. The fourth-order valence-corrected chi connectivity index (χ4v) is 2.38. The molecule has 0 saturated heterocycles. The summed E-state index contributed by atoms with van der Waals surface area (Å²) in [6, 6.07) is 15.5. The van der Waals surface area contributed by atoms with E-state index in [0.717, 1.165) is 22.3 Å². The van der Waals surface area contributed by atoms with Gasteiger partial charge in [0.1, 0.15) is 5.75 Å². The van der Waals surface area contributed by atoms with Gasteiger partial charge in [0.05, 0.1) is 17.6 Å². The molecule has 118 valence electrons. The van der Waals surface area contributed by atoms with Crippen molar-refractivity contribution in [2.24, 2.45) is 0 Å². The normalized spacial score (nSPS) is 10.7. The highest BCUT2D eigenvalue weighted by Gasteiger charge is 2.07. The molecule has 3 rings (SSSR count). The number of ether oxygens (including phenoxy) is 1. The first kappa shape index (κ1) is 15.1. The number of carbonyl (C=O) groups excluding carboxylic acids is 1. The quantitative estimate of drug-likeness (QED) is 0.732. The number of amides is 1. The Morgan fingerprint density at radius 1 is 1.17 bits per heavy atom. The molecule has 0 atom stereocenters. The molecular formula is C18H19N3O2. The molecule has 0 bridgehead atoms. The van der Waals surface area contributed by atoms with Crippen LogP contribution in [0.25, 0.3) is 11.0 Å². The van der Waals surface area contributed by atoms with Crippen molar-refractivity contribution in [1.29, 1.82) is 0 Å². The molecule has 0 aliphatic carbocycles. The van der Waals surface area contributed by atoms with E-state index in [1.54, 1.807) is 0 Å². The van der Waals surface area contributed by atoms with Crippen molar-refractivity contribution in [1.82, 2.24) is 9.97 Å². The van der Waals surface area contributed by atoms with E-state index in [1.807, 2.05) is 55.5 Å². The molecule has 5 nitrogen and oxygen atoms in total. The number of hydrogen-bond acceptors (Lipinski definition) is 3. The second kappa shape index (κ2) is 6.96. The lowest BCUT2D eigenvalue weighted by atomic mass is 10.1.